The third-order valence-electron chi connectivity index (χ3n) is 3.74. The molecule has 0 unspecified atom stereocenters. The van der Waals surface area contributed by atoms with Gasteiger partial charge in [-0.1, -0.05) is 23.1 Å². The third kappa shape index (κ3) is 3.83. The monoisotopic (exact) mass is 401 g/mol. The van der Waals surface area contributed by atoms with E-state index in [0.717, 1.165) is 16.0 Å². The molecule has 138 valence electrons. The van der Waals surface area contributed by atoms with Crippen LogP contribution in [0.25, 0.3) is 21.3 Å². The van der Waals surface area contributed by atoms with Crippen LogP contribution in [0.4, 0.5) is 5.13 Å². The highest BCUT2D eigenvalue weighted by atomic mass is 32.2. The van der Waals surface area contributed by atoms with Crippen LogP contribution in [0.2, 0.25) is 0 Å². The third-order valence-corrected chi connectivity index (χ3v) is 5.52. The summed E-state index contributed by atoms with van der Waals surface area (Å²) in [4.78, 5) is 21.0. The summed E-state index contributed by atoms with van der Waals surface area (Å²) >= 11 is 2.64. The molecule has 7 nitrogen and oxygen atoms in total. The Bertz CT molecular complexity index is 1120. The van der Waals surface area contributed by atoms with E-state index in [-0.39, 0.29) is 11.7 Å². The van der Waals surface area contributed by atoms with Crippen molar-refractivity contribution in [2.24, 2.45) is 0 Å². The van der Waals surface area contributed by atoms with Crippen LogP contribution in [0, 0.1) is 0 Å². The molecule has 1 N–H and O–H groups in total. The number of ether oxygens (including phenoxy) is 2. The van der Waals surface area contributed by atoms with E-state index < -0.39 is 0 Å². The number of nitrogens with one attached hydrogen (secondary N) is 1. The Balaban J connectivity index is 1.40. The van der Waals surface area contributed by atoms with Crippen molar-refractivity contribution in [3.63, 3.8) is 0 Å². The van der Waals surface area contributed by atoms with Crippen LogP contribution in [-0.2, 0) is 4.79 Å². The van der Waals surface area contributed by atoms with Crippen LogP contribution in [0.15, 0.2) is 46.0 Å². The van der Waals surface area contributed by atoms with Gasteiger partial charge in [-0.2, -0.15) is 0 Å². The Morgan fingerprint density at radius 1 is 1.11 bits per heavy atom. The quantitative estimate of drug-likeness (QED) is 0.485. The molecule has 2 aromatic heterocycles. The molecule has 0 radical (unpaired) electrons. The van der Waals surface area contributed by atoms with Crippen molar-refractivity contribution in [1.29, 1.82) is 0 Å². The van der Waals surface area contributed by atoms with Crippen molar-refractivity contribution < 1.29 is 18.7 Å². The molecule has 0 bridgehead atoms. The fourth-order valence-corrected chi connectivity index (χ4v) is 3.95. The van der Waals surface area contributed by atoms with Crippen molar-refractivity contribution in [1.82, 2.24) is 9.97 Å². The second-order valence-corrected chi connectivity index (χ2v) is 7.46. The fraction of sp³-hybridized carbons (Fsp3) is 0.167. The van der Waals surface area contributed by atoms with E-state index in [1.165, 1.54) is 23.1 Å². The molecule has 4 aromatic rings. The molecule has 9 heteroatoms. The van der Waals surface area contributed by atoms with Gasteiger partial charge in [-0.3, -0.25) is 4.79 Å². The summed E-state index contributed by atoms with van der Waals surface area (Å²) in [5, 5.41) is 3.79. The number of thioether (sulfide) groups is 1. The molecule has 0 aliphatic heterocycles. The lowest BCUT2D eigenvalue weighted by atomic mass is 10.3. The second kappa shape index (κ2) is 7.45. The lowest BCUT2D eigenvalue weighted by molar-refractivity contribution is -0.113. The van der Waals surface area contributed by atoms with E-state index >= 15 is 0 Å². The molecule has 0 fully saturated rings. The molecule has 2 aromatic carbocycles. The number of hydrogen-bond donors (Lipinski definition) is 1. The van der Waals surface area contributed by atoms with Crippen molar-refractivity contribution in [2.45, 2.75) is 5.22 Å². The summed E-state index contributed by atoms with van der Waals surface area (Å²) in [5.74, 6) is 1.43. The highest BCUT2D eigenvalue weighted by molar-refractivity contribution is 7.99. The Morgan fingerprint density at radius 3 is 2.63 bits per heavy atom. The second-order valence-electron chi connectivity index (χ2n) is 5.50. The molecular weight excluding hydrogens is 386 g/mol. The molecule has 4 rings (SSSR count). The minimum Gasteiger partial charge on any atom is -0.497 e. The smallest absolute Gasteiger partial charge is 0.257 e. The maximum Gasteiger partial charge on any atom is 0.257 e. The van der Waals surface area contributed by atoms with Gasteiger partial charge in [0.1, 0.15) is 17.0 Å². The predicted molar refractivity (Wildman–Crippen MR) is 106 cm³/mol. The Labute approximate surface area is 162 Å². The SMILES string of the molecule is COc1ccc2oc(SCC(=O)Nc3nc4cc(OC)ccc4s3)nc2c1. The van der Waals surface area contributed by atoms with E-state index in [1.54, 1.807) is 32.4 Å². The van der Waals surface area contributed by atoms with Crippen LogP contribution in [0.5, 0.6) is 11.5 Å². The molecule has 27 heavy (non-hydrogen) atoms. The lowest BCUT2D eigenvalue weighted by Crippen LogP contribution is -2.13. The lowest BCUT2D eigenvalue weighted by Gasteiger charge is -1.98. The number of rotatable bonds is 6. The van der Waals surface area contributed by atoms with E-state index in [1.807, 2.05) is 18.2 Å². The van der Waals surface area contributed by atoms with Gasteiger partial charge in [-0.15, -0.1) is 0 Å². The van der Waals surface area contributed by atoms with Crippen molar-refractivity contribution in [3.8, 4) is 11.5 Å². The zero-order valence-corrected chi connectivity index (χ0v) is 16.1. The zero-order chi connectivity index (χ0) is 18.8. The van der Waals surface area contributed by atoms with Gasteiger partial charge in [-0.25, -0.2) is 9.97 Å². The number of carbonyl (C=O) groups is 1. The number of carbonyl (C=O) groups excluding carboxylic acids is 1. The first-order valence-corrected chi connectivity index (χ1v) is 9.76. The van der Waals surface area contributed by atoms with Crippen LogP contribution in [0.3, 0.4) is 0 Å². The highest BCUT2D eigenvalue weighted by Crippen LogP contribution is 2.30. The van der Waals surface area contributed by atoms with Crippen LogP contribution in [-0.4, -0.2) is 35.8 Å². The molecule has 0 aliphatic carbocycles. The summed E-state index contributed by atoms with van der Waals surface area (Å²) in [5.41, 5.74) is 2.13. The van der Waals surface area contributed by atoms with Gasteiger partial charge in [-0.05, 0) is 24.3 Å². The molecular formula is C18H15N3O4S2. The number of nitrogens with zero attached hydrogens (tertiary/aromatic N) is 2. The summed E-state index contributed by atoms with van der Waals surface area (Å²) in [6.07, 6.45) is 0. The number of fused-ring (bicyclic) bond motifs is 2. The van der Waals surface area contributed by atoms with Gasteiger partial charge in [0.2, 0.25) is 5.91 Å². The Hall–Kier alpha value is -2.78. The summed E-state index contributed by atoms with van der Waals surface area (Å²) in [7, 11) is 3.20. The largest absolute Gasteiger partial charge is 0.497 e. The van der Waals surface area contributed by atoms with Crippen LogP contribution in [0.1, 0.15) is 0 Å². The number of amides is 1. The van der Waals surface area contributed by atoms with E-state index in [4.69, 9.17) is 13.9 Å². The number of aromatic nitrogens is 2. The molecule has 0 atom stereocenters. The maximum atomic E-state index is 12.2. The molecule has 0 spiro atoms. The Morgan fingerprint density at radius 2 is 1.85 bits per heavy atom. The van der Waals surface area contributed by atoms with Crippen molar-refractivity contribution >= 4 is 55.5 Å². The number of anilines is 1. The van der Waals surface area contributed by atoms with Gasteiger partial charge in [0.15, 0.2) is 10.7 Å². The minimum absolute atomic E-state index is 0.170. The molecule has 0 saturated carbocycles. The normalized spacial score (nSPS) is 11.0. The van der Waals surface area contributed by atoms with Crippen LogP contribution >= 0.6 is 23.1 Å². The van der Waals surface area contributed by atoms with E-state index in [0.29, 0.717) is 27.2 Å². The predicted octanol–water partition coefficient (Wildman–Crippen LogP) is 4.19. The van der Waals surface area contributed by atoms with Crippen molar-refractivity contribution in [2.75, 3.05) is 25.3 Å². The van der Waals surface area contributed by atoms with Gasteiger partial charge < -0.3 is 19.2 Å². The Kier molecular flexibility index (Phi) is 4.87. The first kappa shape index (κ1) is 17.6. The van der Waals surface area contributed by atoms with E-state index in [9.17, 15) is 4.79 Å². The molecule has 2 heterocycles. The zero-order valence-electron chi connectivity index (χ0n) is 14.5. The highest BCUT2D eigenvalue weighted by Gasteiger charge is 2.12. The summed E-state index contributed by atoms with van der Waals surface area (Å²) in [6, 6.07) is 11.0. The van der Waals surface area contributed by atoms with Gasteiger partial charge in [0, 0.05) is 12.1 Å². The minimum atomic E-state index is -0.175. The fourth-order valence-electron chi connectivity index (χ4n) is 2.45. The molecule has 1 amide bonds. The first-order chi connectivity index (χ1) is 13.1. The maximum absolute atomic E-state index is 12.2. The standard InChI is InChI=1S/C18H15N3O4S2/c1-23-10-3-5-14-12(7-10)20-18(25-14)26-9-16(22)21-17-19-13-8-11(24-2)4-6-15(13)27-17/h3-8H,9H2,1-2H3,(H,19,21,22). The van der Waals surface area contributed by atoms with Gasteiger partial charge in [0.05, 0.1) is 30.2 Å². The van der Waals surface area contributed by atoms with Crippen LogP contribution < -0.4 is 14.8 Å². The topological polar surface area (TPSA) is 86.5 Å². The summed E-state index contributed by atoms with van der Waals surface area (Å²) in [6.45, 7) is 0. The molecule has 0 saturated heterocycles. The van der Waals surface area contributed by atoms with E-state index in [2.05, 4.69) is 15.3 Å². The van der Waals surface area contributed by atoms with Gasteiger partial charge >= 0.3 is 0 Å². The summed E-state index contributed by atoms with van der Waals surface area (Å²) < 4.78 is 17.0. The number of methoxy groups -OCH3 is 2. The number of benzene rings is 2. The number of thiazole rings is 1. The molecule has 0 aliphatic rings. The average molecular weight is 401 g/mol. The average Bonchev–Trinajstić information content (AvgIpc) is 3.27. The van der Waals surface area contributed by atoms with Crippen molar-refractivity contribution in [3.05, 3.63) is 36.4 Å². The number of oxazole rings is 1. The number of hydrogen-bond acceptors (Lipinski definition) is 8. The van der Waals surface area contributed by atoms with Gasteiger partial charge in [0.25, 0.3) is 5.22 Å². The first-order valence-electron chi connectivity index (χ1n) is 7.96.